The molecule has 0 unspecified atom stereocenters. The van der Waals surface area contributed by atoms with Gasteiger partial charge in [-0.05, 0) is 62.1 Å². The standard InChI is InChI=1S/C17H18Br2N2O4/c1-2-3-4-5-6-25-14-12(18)8-10(9-13(14)19)7-11-15(22)20-17(24)21-16(11)23/h7-9H,2-6H2,1H3,(H2,20,21,22,23,24). The molecule has 1 aliphatic rings. The van der Waals surface area contributed by atoms with Crippen LogP contribution in [0.4, 0.5) is 4.79 Å². The molecule has 4 amide bonds. The normalized spacial score (nSPS) is 14.2. The lowest BCUT2D eigenvalue weighted by Crippen LogP contribution is -2.51. The highest BCUT2D eigenvalue weighted by atomic mass is 79.9. The second-order valence-electron chi connectivity index (χ2n) is 5.52. The number of carbonyl (C=O) groups excluding carboxylic acids is 3. The summed E-state index contributed by atoms with van der Waals surface area (Å²) in [4.78, 5) is 34.6. The van der Waals surface area contributed by atoms with Crippen LogP contribution >= 0.6 is 31.9 Å². The van der Waals surface area contributed by atoms with Crippen LogP contribution in [-0.4, -0.2) is 24.5 Å². The topological polar surface area (TPSA) is 84.5 Å². The van der Waals surface area contributed by atoms with Crippen molar-refractivity contribution in [2.24, 2.45) is 0 Å². The van der Waals surface area contributed by atoms with Gasteiger partial charge < -0.3 is 4.74 Å². The summed E-state index contributed by atoms with van der Waals surface area (Å²) in [7, 11) is 0. The molecule has 8 heteroatoms. The minimum absolute atomic E-state index is 0.133. The molecule has 2 N–H and O–H groups in total. The maximum absolute atomic E-state index is 11.8. The number of ether oxygens (including phenoxy) is 1. The smallest absolute Gasteiger partial charge is 0.328 e. The van der Waals surface area contributed by atoms with Crippen molar-refractivity contribution in [2.75, 3.05) is 6.61 Å². The fourth-order valence-electron chi connectivity index (χ4n) is 2.28. The van der Waals surface area contributed by atoms with Crippen molar-refractivity contribution in [1.82, 2.24) is 10.6 Å². The van der Waals surface area contributed by atoms with Crippen LogP contribution in [0.25, 0.3) is 6.08 Å². The quantitative estimate of drug-likeness (QED) is 0.357. The third-order valence-electron chi connectivity index (χ3n) is 3.52. The molecule has 0 bridgehead atoms. The van der Waals surface area contributed by atoms with Gasteiger partial charge in [0.2, 0.25) is 0 Å². The van der Waals surface area contributed by atoms with E-state index in [2.05, 4.69) is 38.8 Å². The van der Waals surface area contributed by atoms with Gasteiger partial charge in [0.15, 0.2) is 0 Å². The molecular formula is C17H18Br2N2O4. The van der Waals surface area contributed by atoms with Crippen molar-refractivity contribution in [3.8, 4) is 5.75 Å². The number of carbonyl (C=O) groups is 3. The molecule has 25 heavy (non-hydrogen) atoms. The summed E-state index contributed by atoms with van der Waals surface area (Å²) in [5, 5.41) is 4.08. The lowest BCUT2D eigenvalue weighted by molar-refractivity contribution is -0.123. The van der Waals surface area contributed by atoms with Crippen molar-refractivity contribution in [3.05, 3.63) is 32.2 Å². The van der Waals surface area contributed by atoms with Gasteiger partial charge >= 0.3 is 6.03 Å². The van der Waals surface area contributed by atoms with Crippen LogP contribution in [0.3, 0.4) is 0 Å². The van der Waals surface area contributed by atoms with E-state index >= 15 is 0 Å². The number of nitrogens with one attached hydrogen (secondary N) is 2. The van der Waals surface area contributed by atoms with Gasteiger partial charge in [0.25, 0.3) is 11.8 Å². The van der Waals surface area contributed by atoms with Crippen molar-refractivity contribution in [1.29, 1.82) is 0 Å². The molecule has 0 aliphatic carbocycles. The summed E-state index contributed by atoms with van der Waals surface area (Å²) in [6, 6.07) is 2.67. The predicted molar refractivity (Wildman–Crippen MR) is 101 cm³/mol. The first kappa shape index (κ1) is 19.7. The van der Waals surface area contributed by atoms with Crippen LogP contribution in [0.15, 0.2) is 26.7 Å². The third-order valence-corrected chi connectivity index (χ3v) is 4.70. The predicted octanol–water partition coefficient (Wildman–Crippen LogP) is 3.92. The Kier molecular flexibility index (Phi) is 7.19. The Bertz CT molecular complexity index is 686. The Balaban J connectivity index is 2.13. The van der Waals surface area contributed by atoms with Gasteiger partial charge in [-0.2, -0.15) is 0 Å². The van der Waals surface area contributed by atoms with Gasteiger partial charge in [0.1, 0.15) is 11.3 Å². The van der Waals surface area contributed by atoms with Crippen molar-refractivity contribution >= 4 is 55.8 Å². The van der Waals surface area contributed by atoms with E-state index in [0.29, 0.717) is 26.9 Å². The van der Waals surface area contributed by atoms with E-state index in [1.54, 1.807) is 12.1 Å². The molecule has 1 aromatic rings. The Hall–Kier alpha value is -1.67. The third kappa shape index (κ3) is 5.40. The first-order valence-electron chi connectivity index (χ1n) is 7.92. The molecule has 1 saturated heterocycles. The molecule has 0 atom stereocenters. The van der Waals surface area contributed by atoms with E-state index in [-0.39, 0.29) is 5.57 Å². The van der Waals surface area contributed by atoms with Crippen molar-refractivity contribution in [2.45, 2.75) is 32.6 Å². The highest BCUT2D eigenvalue weighted by molar-refractivity contribution is 9.11. The second kappa shape index (κ2) is 9.15. The number of halogens is 2. The number of benzene rings is 1. The average molecular weight is 474 g/mol. The summed E-state index contributed by atoms with van der Waals surface area (Å²) in [5.74, 6) is -0.777. The van der Waals surface area contributed by atoms with Gasteiger partial charge in [-0.25, -0.2) is 4.79 Å². The van der Waals surface area contributed by atoms with Gasteiger partial charge in [-0.3, -0.25) is 20.2 Å². The van der Waals surface area contributed by atoms with E-state index in [1.807, 2.05) is 10.6 Å². The maximum Gasteiger partial charge on any atom is 0.328 e. The second-order valence-corrected chi connectivity index (χ2v) is 7.23. The van der Waals surface area contributed by atoms with Crippen molar-refractivity contribution < 1.29 is 19.1 Å². The first-order valence-corrected chi connectivity index (χ1v) is 9.51. The lowest BCUT2D eigenvalue weighted by atomic mass is 10.1. The summed E-state index contributed by atoms with van der Waals surface area (Å²) in [6.07, 6.45) is 5.87. The Morgan fingerprint density at radius 3 is 2.16 bits per heavy atom. The maximum atomic E-state index is 11.8. The molecule has 6 nitrogen and oxygen atoms in total. The van der Waals surface area contributed by atoms with Crippen LogP contribution in [-0.2, 0) is 9.59 Å². The summed E-state index contributed by atoms with van der Waals surface area (Å²) >= 11 is 6.89. The molecule has 0 saturated carbocycles. The largest absolute Gasteiger partial charge is 0.491 e. The molecule has 0 spiro atoms. The molecule has 0 aromatic heterocycles. The number of unbranched alkanes of at least 4 members (excludes halogenated alkanes) is 3. The number of amides is 4. The number of rotatable bonds is 7. The van der Waals surface area contributed by atoms with Crippen LogP contribution in [0.5, 0.6) is 5.75 Å². The zero-order valence-electron chi connectivity index (χ0n) is 13.7. The fraction of sp³-hybridized carbons (Fsp3) is 0.353. The molecule has 134 valence electrons. The number of barbiturate groups is 1. The zero-order chi connectivity index (χ0) is 18.4. The number of imide groups is 2. The summed E-state index contributed by atoms with van der Waals surface area (Å²) < 4.78 is 7.21. The summed E-state index contributed by atoms with van der Waals surface area (Å²) in [6.45, 7) is 2.77. The SMILES string of the molecule is CCCCCCOc1c(Br)cc(C=C2C(=O)NC(=O)NC2=O)cc1Br. The van der Waals surface area contributed by atoms with E-state index in [4.69, 9.17) is 4.74 Å². The Morgan fingerprint density at radius 2 is 1.60 bits per heavy atom. The molecule has 1 fully saturated rings. The molecule has 1 aromatic carbocycles. The molecular weight excluding hydrogens is 456 g/mol. The van der Waals surface area contributed by atoms with Gasteiger partial charge in [-0.1, -0.05) is 26.2 Å². The van der Waals surface area contributed by atoms with E-state index in [1.165, 1.54) is 18.9 Å². The van der Waals surface area contributed by atoms with E-state index < -0.39 is 17.8 Å². The lowest BCUT2D eigenvalue weighted by Gasteiger charge is -2.15. The number of hydrogen-bond acceptors (Lipinski definition) is 4. The zero-order valence-corrected chi connectivity index (χ0v) is 16.8. The minimum atomic E-state index is -0.818. The molecule has 0 radical (unpaired) electrons. The van der Waals surface area contributed by atoms with Gasteiger partial charge in [-0.15, -0.1) is 0 Å². The van der Waals surface area contributed by atoms with Crippen LogP contribution < -0.4 is 15.4 Å². The monoisotopic (exact) mass is 472 g/mol. The minimum Gasteiger partial charge on any atom is -0.491 e. The molecule has 1 heterocycles. The van der Waals surface area contributed by atoms with Gasteiger partial charge in [0.05, 0.1) is 15.6 Å². The first-order chi connectivity index (χ1) is 11.9. The Labute approximate surface area is 162 Å². The summed E-state index contributed by atoms with van der Waals surface area (Å²) in [5.41, 5.74) is 0.485. The van der Waals surface area contributed by atoms with Gasteiger partial charge in [0, 0.05) is 0 Å². The van der Waals surface area contributed by atoms with E-state index in [9.17, 15) is 14.4 Å². The van der Waals surface area contributed by atoms with Crippen LogP contribution in [0.1, 0.15) is 38.2 Å². The highest BCUT2D eigenvalue weighted by Gasteiger charge is 2.27. The average Bonchev–Trinajstić information content (AvgIpc) is 2.53. The van der Waals surface area contributed by atoms with Crippen LogP contribution in [0.2, 0.25) is 0 Å². The molecule has 1 aliphatic heterocycles. The number of urea groups is 1. The fourth-order valence-corrected chi connectivity index (χ4v) is 3.73. The number of hydrogen-bond donors (Lipinski definition) is 2. The van der Waals surface area contributed by atoms with E-state index in [0.717, 1.165) is 12.8 Å². The Morgan fingerprint density at radius 1 is 1.00 bits per heavy atom. The van der Waals surface area contributed by atoms with Crippen LogP contribution in [0, 0.1) is 0 Å². The molecule has 2 rings (SSSR count). The van der Waals surface area contributed by atoms with Crippen molar-refractivity contribution in [3.63, 3.8) is 0 Å². The highest BCUT2D eigenvalue weighted by Crippen LogP contribution is 2.35.